The topological polar surface area (TPSA) is 27.8 Å². The molecule has 2 heterocycles. The van der Waals surface area contributed by atoms with Crippen LogP contribution in [0.1, 0.15) is 18.2 Å². The van der Waals surface area contributed by atoms with Crippen LogP contribution in [0.5, 0.6) is 0 Å². The Kier molecular flexibility index (Phi) is 2.03. The molecule has 1 aliphatic rings. The van der Waals surface area contributed by atoms with Crippen molar-refractivity contribution in [3.63, 3.8) is 0 Å². The van der Waals surface area contributed by atoms with Gasteiger partial charge in [-0.1, -0.05) is 18.2 Å². The molecule has 0 saturated carbocycles. The monoisotopic (exact) mass is 200 g/mol. The molecule has 0 saturated heterocycles. The Morgan fingerprint density at radius 2 is 2.13 bits per heavy atom. The van der Waals surface area contributed by atoms with E-state index < -0.39 is 0 Å². The second kappa shape index (κ2) is 3.38. The second-order valence-electron chi connectivity index (χ2n) is 4.44. The Morgan fingerprint density at radius 1 is 1.27 bits per heavy atom. The molecule has 2 heteroatoms. The normalized spacial score (nSPS) is 21.3. The van der Waals surface area contributed by atoms with Gasteiger partial charge in [-0.15, -0.1) is 0 Å². The summed E-state index contributed by atoms with van der Waals surface area (Å²) in [6.45, 7) is 3.35. The van der Waals surface area contributed by atoms with Crippen LogP contribution in [0.2, 0.25) is 0 Å². The number of para-hydroxylation sites is 1. The van der Waals surface area contributed by atoms with E-state index in [2.05, 4.69) is 41.5 Å². The number of aromatic nitrogens is 1. The fraction of sp³-hybridized carbons (Fsp3) is 0.385. The Morgan fingerprint density at radius 3 is 3.07 bits per heavy atom. The number of aromatic amines is 1. The van der Waals surface area contributed by atoms with Crippen LogP contribution < -0.4 is 5.32 Å². The van der Waals surface area contributed by atoms with Crippen molar-refractivity contribution in [2.45, 2.75) is 25.8 Å². The van der Waals surface area contributed by atoms with Gasteiger partial charge in [0.05, 0.1) is 0 Å². The molecule has 78 valence electrons. The van der Waals surface area contributed by atoms with Crippen molar-refractivity contribution >= 4 is 10.9 Å². The van der Waals surface area contributed by atoms with Crippen molar-refractivity contribution in [3.05, 3.63) is 35.5 Å². The predicted octanol–water partition coefficient (Wildman–Crippen LogP) is 2.24. The fourth-order valence-electron chi connectivity index (χ4n) is 2.52. The zero-order chi connectivity index (χ0) is 10.3. The van der Waals surface area contributed by atoms with E-state index in [-0.39, 0.29) is 0 Å². The van der Waals surface area contributed by atoms with E-state index in [4.69, 9.17) is 0 Å². The summed E-state index contributed by atoms with van der Waals surface area (Å²) in [5.74, 6) is 0. The fourth-order valence-corrected chi connectivity index (χ4v) is 2.52. The first-order chi connectivity index (χ1) is 7.34. The Balaban J connectivity index is 2.20. The van der Waals surface area contributed by atoms with E-state index in [1.165, 1.54) is 22.2 Å². The van der Waals surface area contributed by atoms with Crippen LogP contribution in [0.4, 0.5) is 0 Å². The van der Waals surface area contributed by atoms with Crippen molar-refractivity contribution in [2.24, 2.45) is 0 Å². The van der Waals surface area contributed by atoms with Gasteiger partial charge in [0.2, 0.25) is 0 Å². The molecule has 1 atom stereocenters. The minimum Gasteiger partial charge on any atom is -0.358 e. The molecule has 3 rings (SSSR count). The van der Waals surface area contributed by atoms with E-state index >= 15 is 0 Å². The van der Waals surface area contributed by atoms with Crippen molar-refractivity contribution < 1.29 is 0 Å². The third-order valence-corrected chi connectivity index (χ3v) is 3.28. The summed E-state index contributed by atoms with van der Waals surface area (Å²) in [5, 5.41) is 4.93. The smallest absolute Gasteiger partial charge is 0.0458 e. The van der Waals surface area contributed by atoms with Crippen LogP contribution in [-0.4, -0.2) is 17.6 Å². The van der Waals surface area contributed by atoms with Crippen LogP contribution in [0.15, 0.2) is 24.3 Å². The zero-order valence-corrected chi connectivity index (χ0v) is 9.01. The molecule has 0 aliphatic carbocycles. The summed E-state index contributed by atoms with van der Waals surface area (Å²) >= 11 is 0. The maximum absolute atomic E-state index is 3.54. The molecule has 1 aliphatic heterocycles. The number of fused-ring (bicyclic) bond motifs is 3. The van der Waals surface area contributed by atoms with Crippen molar-refractivity contribution in [3.8, 4) is 0 Å². The molecule has 0 radical (unpaired) electrons. The van der Waals surface area contributed by atoms with Crippen molar-refractivity contribution in [1.29, 1.82) is 0 Å². The maximum atomic E-state index is 3.54. The molecule has 2 N–H and O–H groups in total. The van der Waals surface area contributed by atoms with Gasteiger partial charge in [0.15, 0.2) is 0 Å². The second-order valence-corrected chi connectivity index (χ2v) is 4.44. The first kappa shape index (κ1) is 8.98. The quantitative estimate of drug-likeness (QED) is 0.670. The number of hydrogen-bond acceptors (Lipinski definition) is 1. The largest absolute Gasteiger partial charge is 0.358 e. The molecule has 0 bridgehead atoms. The summed E-state index contributed by atoms with van der Waals surface area (Å²) < 4.78 is 0. The summed E-state index contributed by atoms with van der Waals surface area (Å²) in [6.07, 6.45) is 2.26. The molecule has 1 aromatic heterocycles. The highest BCUT2D eigenvalue weighted by atomic mass is 14.9. The first-order valence-electron chi connectivity index (χ1n) is 5.66. The van der Waals surface area contributed by atoms with Gasteiger partial charge in [-0.05, 0) is 25.0 Å². The van der Waals surface area contributed by atoms with E-state index in [1.54, 1.807) is 0 Å². The molecule has 0 spiro atoms. The molecule has 15 heavy (non-hydrogen) atoms. The third kappa shape index (κ3) is 1.45. The van der Waals surface area contributed by atoms with Crippen LogP contribution in [-0.2, 0) is 12.8 Å². The number of nitrogens with one attached hydrogen (secondary N) is 2. The highest BCUT2D eigenvalue weighted by molar-refractivity contribution is 5.84. The number of benzene rings is 1. The molecule has 1 unspecified atom stereocenters. The average molecular weight is 200 g/mol. The zero-order valence-electron chi connectivity index (χ0n) is 9.01. The van der Waals surface area contributed by atoms with Gasteiger partial charge in [-0.3, -0.25) is 0 Å². The highest BCUT2D eigenvalue weighted by Crippen LogP contribution is 2.25. The summed E-state index contributed by atoms with van der Waals surface area (Å²) in [6, 6.07) is 9.20. The van der Waals surface area contributed by atoms with Crippen molar-refractivity contribution in [1.82, 2.24) is 10.3 Å². The predicted molar refractivity (Wildman–Crippen MR) is 63.2 cm³/mol. The van der Waals surface area contributed by atoms with Gasteiger partial charge in [-0.25, -0.2) is 0 Å². The number of H-pyrrole nitrogens is 1. The Hall–Kier alpha value is -1.28. The van der Waals surface area contributed by atoms with Crippen LogP contribution in [0, 0.1) is 0 Å². The van der Waals surface area contributed by atoms with Gasteiger partial charge in [-0.2, -0.15) is 0 Å². The Bertz CT molecular complexity index is 484. The number of rotatable bonds is 0. The third-order valence-electron chi connectivity index (χ3n) is 3.28. The van der Waals surface area contributed by atoms with Gasteiger partial charge in [0.25, 0.3) is 0 Å². The summed E-state index contributed by atoms with van der Waals surface area (Å²) in [7, 11) is 0. The molecule has 0 fully saturated rings. The lowest BCUT2D eigenvalue weighted by Gasteiger charge is -2.08. The standard InChI is InChI=1S/C13H16N2/c1-9-8-11-10-4-2-3-5-12(10)15-13(11)6-7-14-9/h2-5,9,14-15H,6-8H2,1H3. The average Bonchev–Trinajstić information content (AvgIpc) is 2.47. The SMILES string of the molecule is CC1Cc2c([nH]c3ccccc23)CCN1. The van der Waals surface area contributed by atoms with E-state index in [0.717, 1.165) is 19.4 Å². The minimum atomic E-state index is 0.588. The highest BCUT2D eigenvalue weighted by Gasteiger charge is 2.16. The maximum Gasteiger partial charge on any atom is 0.0458 e. The summed E-state index contributed by atoms with van der Waals surface area (Å²) in [4.78, 5) is 3.54. The molecular weight excluding hydrogens is 184 g/mol. The molecule has 2 nitrogen and oxygen atoms in total. The van der Waals surface area contributed by atoms with Crippen LogP contribution in [0.3, 0.4) is 0 Å². The van der Waals surface area contributed by atoms with E-state index in [1.807, 2.05) is 0 Å². The number of hydrogen-bond donors (Lipinski definition) is 2. The first-order valence-corrected chi connectivity index (χ1v) is 5.66. The van der Waals surface area contributed by atoms with Gasteiger partial charge < -0.3 is 10.3 Å². The van der Waals surface area contributed by atoms with Crippen molar-refractivity contribution in [2.75, 3.05) is 6.54 Å². The molecular formula is C13H16N2. The van der Waals surface area contributed by atoms with Gasteiger partial charge in [0.1, 0.15) is 0 Å². The summed E-state index contributed by atoms with van der Waals surface area (Å²) in [5.41, 5.74) is 4.23. The molecule has 1 aromatic carbocycles. The van der Waals surface area contributed by atoms with Crippen LogP contribution in [0.25, 0.3) is 10.9 Å². The minimum absolute atomic E-state index is 0.588. The lowest BCUT2D eigenvalue weighted by Crippen LogP contribution is -2.27. The van der Waals surface area contributed by atoms with E-state index in [0.29, 0.717) is 6.04 Å². The van der Waals surface area contributed by atoms with Gasteiger partial charge in [0, 0.05) is 35.6 Å². The van der Waals surface area contributed by atoms with E-state index in [9.17, 15) is 0 Å². The van der Waals surface area contributed by atoms with Gasteiger partial charge >= 0.3 is 0 Å². The molecule has 2 aromatic rings. The molecule has 0 amide bonds. The lowest BCUT2D eigenvalue weighted by atomic mass is 10.0. The Labute approximate surface area is 89.7 Å². The van der Waals surface area contributed by atoms with Crippen LogP contribution >= 0.6 is 0 Å². The lowest BCUT2D eigenvalue weighted by molar-refractivity contribution is 0.568.